The second-order valence-corrected chi connectivity index (χ2v) is 6.54. The number of benzene rings is 1. The number of carboxylic acid groups (broad SMARTS) is 1. The van der Waals surface area contributed by atoms with Gasteiger partial charge in [0.05, 0.1) is 0 Å². The molecule has 1 atom stereocenters. The van der Waals surface area contributed by atoms with Crippen LogP contribution in [-0.2, 0) is 4.79 Å². The van der Waals surface area contributed by atoms with Crippen molar-refractivity contribution in [3.8, 4) is 0 Å². The summed E-state index contributed by atoms with van der Waals surface area (Å²) < 4.78 is 0. The van der Waals surface area contributed by atoms with Crippen LogP contribution in [0.25, 0.3) is 0 Å². The summed E-state index contributed by atoms with van der Waals surface area (Å²) in [4.78, 5) is 23.5. The Morgan fingerprint density at radius 3 is 2.30 bits per heavy atom. The molecule has 1 N–H and O–H groups in total. The van der Waals surface area contributed by atoms with E-state index in [1.54, 1.807) is 24.3 Å². The van der Waals surface area contributed by atoms with Crippen molar-refractivity contribution < 1.29 is 14.8 Å². The van der Waals surface area contributed by atoms with Crippen LogP contribution in [0.2, 0.25) is 0 Å². The average molecular weight is 294 g/mol. The zero-order valence-corrected chi connectivity index (χ0v) is 12.9. The van der Waals surface area contributed by atoms with Gasteiger partial charge in [0.1, 0.15) is 13.1 Å². The smallest absolute Gasteiger partial charge is 0.374 e. The molecule has 0 bridgehead atoms. The van der Waals surface area contributed by atoms with Gasteiger partial charge < -0.3 is 10.00 Å². The van der Waals surface area contributed by atoms with E-state index in [0.29, 0.717) is 11.7 Å². The minimum atomic E-state index is -1.94. The molecule has 0 aromatic heterocycles. The number of rotatable bonds is 9. The molecule has 0 heterocycles. The van der Waals surface area contributed by atoms with E-state index in [-0.39, 0.29) is 5.29 Å². The molecule has 4 heteroatoms. The maximum atomic E-state index is 12.3. The van der Waals surface area contributed by atoms with Crippen molar-refractivity contribution in [2.24, 2.45) is 0 Å². The van der Waals surface area contributed by atoms with Crippen LogP contribution in [0.1, 0.15) is 51.9 Å². The summed E-state index contributed by atoms with van der Waals surface area (Å²) in [6.45, 7) is 2.17. The zero-order valence-electron chi connectivity index (χ0n) is 12.0. The summed E-state index contributed by atoms with van der Waals surface area (Å²) in [7, 11) is -1.94. The molecular weight excluding hydrogens is 271 g/mol. The fraction of sp³-hybridized carbons (Fsp3) is 0.500. The molecular formula is C16H23O3P. The Labute approximate surface area is 122 Å². The molecule has 0 aliphatic carbocycles. The van der Waals surface area contributed by atoms with Gasteiger partial charge in [0.2, 0.25) is 5.29 Å². The SMILES string of the molecule is CCCCCCCCC(C(=O)O)=[P+]([O-])c1ccccc1. The maximum absolute atomic E-state index is 12.3. The minimum absolute atomic E-state index is 0.154. The third-order valence-electron chi connectivity index (χ3n) is 3.25. The van der Waals surface area contributed by atoms with E-state index < -0.39 is 13.7 Å². The molecule has 1 unspecified atom stereocenters. The topological polar surface area (TPSA) is 60.4 Å². The van der Waals surface area contributed by atoms with Gasteiger partial charge in [-0.05, 0) is 18.6 Å². The first-order valence-corrected chi connectivity index (χ1v) is 8.54. The standard InChI is InChI=1S/C16H23O3P/c1-2-3-4-5-6-10-13-15(16(17)18)20(19)14-11-8-7-9-12-14/h7-9,11-12H,2-6,10,13H2,1H3,(H,17,18). The first-order valence-electron chi connectivity index (χ1n) is 7.28. The van der Waals surface area contributed by atoms with Crippen molar-refractivity contribution in [3.63, 3.8) is 0 Å². The number of carbonyl (C=O) groups is 1. The quantitative estimate of drug-likeness (QED) is 0.562. The van der Waals surface area contributed by atoms with E-state index >= 15 is 0 Å². The molecule has 1 rings (SSSR count). The van der Waals surface area contributed by atoms with Crippen molar-refractivity contribution in [1.82, 2.24) is 0 Å². The lowest BCUT2D eigenvalue weighted by Gasteiger charge is -2.04. The Morgan fingerprint density at radius 2 is 1.70 bits per heavy atom. The fourth-order valence-corrected chi connectivity index (χ4v) is 3.38. The van der Waals surface area contributed by atoms with Crippen LogP contribution in [0.4, 0.5) is 0 Å². The summed E-state index contributed by atoms with van der Waals surface area (Å²) >= 11 is 0. The molecule has 110 valence electrons. The Morgan fingerprint density at radius 1 is 1.10 bits per heavy atom. The molecule has 0 aliphatic heterocycles. The van der Waals surface area contributed by atoms with Gasteiger partial charge in [0, 0.05) is 6.42 Å². The largest absolute Gasteiger partial charge is 0.625 e. The van der Waals surface area contributed by atoms with Gasteiger partial charge in [-0.3, -0.25) is 0 Å². The zero-order chi connectivity index (χ0) is 14.8. The van der Waals surface area contributed by atoms with Crippen molar-refractivity contribution in [3.05, 3.63) is 30.3 Å². The lowest BCUT2D eigenvalue weighted by atomic mass is 10.1. The normalized spacial score (nSPS) is 12.1. The lowest BCUT2D eigenvalue weighted by Crippen LogP contribution is -2.19. The highest BCUT2D eigenvalue weighted by Crippen LogP contribution is 2.18. The van der Waals surface area contributed by atoms with Gasteiger partial charge in [-0.2, -0.15) is 0 Å². The van der Waals surface area contributed by atoms with Crippen molar-refractivity contribution in [2.75, 3.05) is 0 Å². The van der Waals surface area contributed by atoms with Crippen LogP contribution in [0.5, 0.6) is 0 Å². The molecule has 0 amide bonds. The third-order valence-corrected chi connectivity index (χ3v) is 4.92. The minimum Gasteiger partial charge on any atom is -0.625 e. The van der Waals surface area contributed by atoms with Crippen LogP contribution in [0.3, 0.4) is 0 Å². The molecule has 3 nitrogen and oxygen atoms in total. The highest BCUT2D eigenvalue weighted by molar-refractivity contribution is 7.61. The molecule has 20 heavy (non-hydrogen) atoms. The molecule has 0 radical (unpaired) electrons. The Balaban J connectivity index is 2.58. The Kier molecular flexibility index (Phi) is 8.17. The second-order valence-electron chi connectivity index (χ2n) is 4.90. The molecule has 0 spiro atoms. The number of aliphatic carboxylic acids is 1. The second kappa shape index (κ2) is 9.68. The lowest BCUT2D eigenvalue weighted by molar-refractivity contribution is -0.150. The third kappa shape index (κ3) is 5.85. The van der Waals surface area contributed by atoms with Gasteiger partial charge in [-0.25, -0.2) is 4.79 Å². The van der Waals surface area contributed by atoms with E-state index in [9.17, 15) is 14.8 Å². The van der Waals surface area contributed by atoms with Crippen molar-refractivity contribution in [2.45, 2.75) is 51.9 Å². The number of hydrogen-bond acceptors (Lipinski definition) is 2. The van der Waals surface area contributed by atoms with E-state index in [2.05, 4.69) is 6.92 Å². The van der Waals surface area contributed by atoms with E-state index in [0.717, 1.165) is 19.3 Å². The monoisotopic (exact) mass is 294 g/mol. The maximum Gasteiger partial charge on any atom is 0.374 e. The Hall–Kier alpha value is -1.18. The van der Waals surface area contributed by atoms with E-state index in [4.69, 9.17) is 0 Å². The molecule has 1 aromatic carbocycles. The predicted octanol–water partition coefficient (Wildman–Crippen LogP) is 3.08. The van der Waals surface area contributed by atoms with Gasteiger partial charge in [0.15, 0.2) is 0 Å². The molecule has 0 fully saturated rings. The van der Waals surface area contributed by atoms with Crippen molar-refractivity contribution >= 4 is 24.3 Å². The van der Waals surface area contributed by atoms with Crippen LogP contribution < -0.4 is 10.2 Å². The average Bonchev–Trinajstić information content (AvgIpc) is 2.46. The Bertz CT molecular complexity index is 440. The molecule has 0 saturated heterocycles. The van der Waals surface area contributed by atoms with E-state index in [1.807, 2.05) is 6.07 Å². The van der Waals surface area contributed by atoms with Crippen LogP contribution in [-0.4, -0.2) is 16.4 Å². The van der Waals surface area contributed by atoms with Gasteiger partial charge in [-0.15, -0.1) is 0 Å². The number of carboxylic acids is 1. The van der Waals surface area contributed by atoms with Crippen LogP contribution in [0, 0.1) is 0 Å². The van der Waals surface area contributed by atoms with Gasteiger partial charge >= 0.3 is 5.97 Å². The molecule has 0 saturated carbocycles. The summed E-state index contributed by atoms with van der Waals surface area (Å²) in [6, 6.07) is 8.85. The highest BCUT2D eigenvalue weighted by Gasteiger charge is 2.19. The number of hydrogen-bond donors (Lipinski definition) is 1. The summed E-state index contributed by atoms with van der Waals surface area (Å²) in [6.07, 6.45) is 6.99. The fourth-order valence-electron chi connectivity index (χ4n) is 2.09. The van der Waals surface area contributed by atoms with Crippen LogP contribution in [0.15, 0.2) is 30.3 Å². The summed E-state index contributed by atoms with van der Waals surface area (Å²) in [5.74, 6) is -1.02. The molecule has 0 aliphatic rings. The van der Waals surface area contributed by atoms with E-state index in [1.165, 1.54) is 19.3 Å². The predicted molar refractivity (Wildman–Crippen MR) is 83.6 cm³/mol. The number of unbranched alkanes of at least 4 members (excludes halogenated alkanes) is 5. The summed E-state index contributed by atoms with van der Waals surface area (Å²) in [5, 5.41) is 9.98. The molecule has 1 aromatic rings. The van der Waals surface area contributed by atoms with Gasteiger partial charge in [0.25, 0.3) is 0 Å². The summed E-state index contributed by atoms with van der Waals surface area (Å²) in [5.41, 5.74) is 0. The van der Waals surface area contributed by atoms with Crippen molar-refractivity contribution in [1.29, 1.82) is 0 Å². The van der Waals surface area contributed by atoms with Gasteiger partial charge in [-0.1, -0.05) is 57.2 Å². The first-order chi connectivity index (χ1) is 9.66. The highest BCUT2D eigenvalue weighted by atomic mass is 31.1. The van der Waals surface area contributed by atoms with Crippen LogP contribution >= 0.6 is 7.77 Å². The first kappa shape index (κ1) is 16.9.